The second kappa shape index (κ2) is 7.91. The molecule has 0 spiro atoms. The largest absolute Gasteiger partial charge is 0.371 e. The molecule has 0 amide bonds. The molecule has 1 unspecified atom stereocenters. The molecule has 1 heterocycles. The maximum absolute atomic E-state index is 12.7. The van der Waals surface area contributed by atoms with E-state index in [0.717, 1.165) is 17.8 Å². The molecule has 3 rings (SSSR count). The molecule has 1 atom stereocenters. The van der Waals surface area contributed by atoms with Crippen molar-refractivity contribution in [3.63, 3.8) is 0 Å². The van der Waals surface area contributed by atoms with Crippen molar-refractivity contribution < 1.29 is 22.1 Å². The Morgan fingerprint density at radius 2 is 1.86 bits per heavy atom. The minimum absolute atomic E-state index is 0.0371. The number of nitrogens with one attached hydrogen (secondary N) is 1. The minimum atomic E-state index is -4.95. The van der Waals surface area contributed by atoms with Gasteiger partial charge in [-0.2, -0.15) is 8.78 Å². The van der Waals surface area contributed by atoms with Crippen molar-refractivity contribution in [1.29, 1.82) is 0 Å². The summed E-state index contributed by atoms with van der Waals surface area (Å²) in [5.74, 6) is -3.67. The van der Waals surface area contributed by atoms with Gasteiger partial charge in [0.05, 0.1) is 27.7 Å². The lowest BCUT2D eigenvalue weighted by atomic mass is 10.2. The lowest BCUT2D eigenvalue weighted by Crippen LogP contribution is -2.13. The highest BCUT2D eigenvalue weighted by molar-refractivity contribution is 7.91. The van der Waals surface area contributed by atoms with Crippen LogP contribution in [-0.4, -0.2) is 34.1 Å². The number of para-hydroxylation sites is 1. The van der Waals surface area contributed by atoms with Crippen LogP contribution < -0.4 is 5.32 Å². The molecule has 1 aromatic heterocycles. The number of hydrogen-bond acceptors (Lipinski definition) is 7. The van der Waals surface area contributed by atoms with Crippen LogP contribution in [0.25, 0.3) is 5.69 Å². The van der Waals surface area contributed by atoms with Crippen LogP contribution in [0.15, 0.2) is 59.6 Å². The van der Waals surface area contributed by atoms with Crippen LogP contribution in [0.3, 0.4) is 0 Å². The third-order valence-corrected chi connectivity index (χ3v) is 5.46. The van der Waals surface area contributed by atoms with Crippen molar-refractivity contribution in [2.75, 3.05) is 5.32 Å². The molecule has 3 aromatic rings. The number of nitro groups is 1. The van der Waals surface area contributed by atoms with Gasteiger partial charge in [0, 0.05) is 6.07 Å². The Balaban J connectivity index is 1.88. The van der Waals surface area contributed by atoms with Gasteiger partial charge in [-0.25, -0.2) is 13.1 Å². The summed E-state index contributed by atoms with van der Waals surface area (Å²) in [5.41, 5.74) is 0.553. The Morgan fingerprint density at radius 3 is 2.48 bits per heavy atom. The number of sulfone groups is 1. The fourth-order valence-corrected chi connectivity index (χ4v) is 3.29. The number of halogens is 2. The van der Waals surface area contributed by atoms with Crippen LogP contribution in [0.5, 0.6) is 0 Å². The van der Waals surface area contributed by atoms with E-state index in [1.165, 1.54) is 4.68 Å². The van der Waals surface area contributed by atoms with Crippen LogP contribution in [0.2, 0.25) is 0 Å². The SMILES string of the molecule is CC(Nc1ccc(S(=O)(=O)C(F)F)cc1[N+](=O)[O-])c1cn(-c2ccccc2)nn1. The second-order valence-electron chi connectivity index (χ2n) is 6.03. The molecule has 0 aliphatic carbocycles. The predicted molar refractivity (Wildman–Crippen MR) is 99.7 cm³/mol. The predicted octanol–water partition coefficient (Wildman–Crippen LogP) is 3.34. The van der Waals surface area contributed by atoms with Gasteiger partial charge in [-0.05, 0) is 31.2 Å². The van der Waals surface area contributed by atoms with Gasteiger partial charge in [-0.3, -0.25) is 10.1 Å². The summed E-state index contributed by atoms with van der Waals surface area (Å²) < 4.78 is 50.1. The molecular formula is C17H15F2N5O4S. The first-order chi connectivity index (χ1) is 13.7. The van der Waals surface area contributed by atoms with Crippen molar-refractivity contribution in [2.24, 2.45) is 0 Å². The number of alkyl halides is 2. The summed E-state index contributed by atoms with van der Waals surface area (Å²) >= 11 is 0. The summed E-state index contributed by atoms with van der Waals surface area (Å²) in [5, 5.41) is 22.2. The standard InChI is InChI=1S/C17H15F2N5O4S/c1-11(15-10-23(22-21-15)12-5-3-2-4-6-12)20-14-8-7-13(9-16(14)24(25)26)29(27,28)17(18)19/h2-11,17,20H,1H3. The van der Waals surface area contributed by atoms with E-state index in [2.05, 4.69) is 15.6 Å². The van der Waals surface area contributed by atoms with E-state index < -0.39 is 37.1 Å². The summed E-state index contributed by atoms with van der Waals surface area (Å²) in [6.07, 6.45) is 1.63. The Kier molecular flexibility index (Phi) is 5.55. The van der Waals surface area contributed by atoms with Crippen molar-refractivity contribution in [3.05, 3.63) is 70.5 Å². The van der Waals surface area contributed by atoms with Crippen molar-refractivity contribution >= 4 is 21.2 Å². The van der Waals surface area contributed by atoms with Crippen molar-refractivity contribution in [3.8, 4) is 5.69 Å². The molecule has 0 bridgehead atoms. The van der Waals surface area contributed by atoms with Gasteiger partial charge < -0.3 is 5.32 Å². The molecule has 12 heteroatoms. The smallest absolute Gasteiger partial charge is 0.341 e. The molecule has 0 radical (unpaired) electrons. The number of benzene rings is 2. The van der Waals surface area contributed by atoms with Gasteiger partial charge >= 0.3 is 5.76 Å². The summed E-state index contributed by atoms with van der Waals surface area (Å²) in [6, 6.07) is 11.2. The number of nitro benzene ring substituents is 1. The lowest BCUT2D eigenvalue weighted by Gasteiger charge is -2.13. The zero-order chi connectivity index (χ0) is 21.2. The fraction of sp³-hybridized carbons (Fsp3) is 0.176. The topological polar surface area (TPSA) is 120 Å². The Hall–Kier alpha value is -3.41. The molecule has 2 aromatic carbocycles. The summed E-state index contributed by atoms with van der Waals surface area (Å²) in [6.45, 7) is 1.67. The van der Waals surface area contributed by atoms with Crippen LogP contribution in [0.1, 0.15) is 18.7 Å². The van der Waals surface area contributed by atoms with Crippen LogP contribution in [0.4, 0.5) is 20.2 Å². The molecule has 0 fully saturated rings. The second-order valence-corrected chi connectivity index (χ2v) is 7.95. The molecule has 152 valence electrons. The Morgan fingerprint density at radius 1 is 1.17 bits per heavy atom. The van der Waals surface area contributed by atoms with Gasteiger partial charge in [0.25, 0.3) is 5.69 Å². The Labute approximate surface area is 164 Å². The number of hydrogen-bond donors (Lipinski definition) is 1. The zero-order valence-electron chi connectivity index (χ0n) is 14.9. The normalized spacial score (nSPS) is 12.7. The minimum Gasteiger partial charge on any atom is -0.371 e. The first kappa shape index (κ1) is 20.3. The summed E-state index contributed by atoms with van der Waals surface area (Å²) in [7, 11) is -4.95. The molecule has 0 saturated heterocycles. The van der Waals surface area contributed by atoms with Crippen molar-refractivity contribution in [2.45, 2.75) is 23.6 Å². The fourth-order valence-electron chi connectivity index (χ4n) is 2.55. The van der Waals surface area contributed by atoms with E-state index in [9.17, 15) is 27.3 Å². The van der Waals surface area contributed by atoms with Gasteiger partial charge in [0.15, 0.2) is 0 Å². The third-order valence-electron chi connectivity index (χ3n) is 4.08. The van der Waals surface area contributed by atoms with E-state index in [1.807, 2.05) is 30.3 Å². The maximum atomic E-state index is 12.7. The third kappa shape index (κ3) is 4.21. The van der Waals surface area contributed by atoms with Crippen LogP contribution in [0, 0.1) is 10.1 Å². The number of rotatable bonds is 7. The summed E-state index contributed by atoms with van der Waals surface area (Å²) in [4.78, 5) is 9.66. The molecule has 0 aliphatic rings. The highest BCUT2D eigenvalue weighted by Crippen LogP contribution is 2.32. The first-order valence-electron chi connectivity index (χ1n) is 8.25. The van der Waals surface area contributed by atoms with Gasteiger partial charge in [0.1, 0.15) is 11.4 Å². The highest BCUT2D eigenvalue weighted by atomic mass is 32.2. The van der Waals surface area contributed by atoms with Crippen LogP contribution >= 0.6 is 0 Å². The van der Waals surface area contributed by atoms with E-state index in [1.54, 1.807) is 13.1 Å². The molecule has 29 heavy (non-hydrogen) atoms. The molecule has 0 saturated carbocycles. The highest BCUT2D eigenvalue weighted by Gasteiger charge is 2.29. The van der Waals surface area contributed by atoms with Crippen LogP contribution in [-0.2, 0) is 9.84 Å². The molecule has 1 N–H and O–H groups in total. The van der Waals surface area contributed by atoms with E-state index in [-0.39, 0.29) is 5.69 Å². The monoisotopic (exact) mass is 423 g/mol. The number of nitrogens with zero attached hydrogens (tertiary/aromatic N) is 4. The van der Waals surface area contributed by atoms with E-state index in [0.29, 0.717) is 11.8 Å². The average Bonchev–Trinajstić information content (AvgIpc) is 3.19. The van der Waals surface area contributed by atoms with Crippen molar-refractivity contribution in [1.82, 2.24) is 15.0 Å². The average molecular weight is 423 g/mol. The zero-order valence-corrected chi connectivity index (χ0v) is 15.8. The molecule has 9 nitrogen and oxygen atoms in total. The quantitative estimate of drug-likeness (QED) is 0.457. The lowest BCUT2D eigenvalue weighted by molar-refractivity contribution is -0.384. The van der Waals surface area contributed by atoms with Gasteiger partial charge in [-0.1, -0.05) is 23.4 Å². The maximum Gasteiger partial charge on any atom is 0.341 e. The molecule has 0 aliphatic heterocycles. The van der Waals surface area contributed by atoms with Gasteiger partial charge in [-0.15, -0.1) is 5.10 Å². The number of anilines is 1. The van der Waals surface area contributed by atoms with E-state index >= 15 is 0 Å². The first-order valence-corrected chi connectivity index (χ1v) is 9.79. The van der Waals surface area contributed by atoms with Gasteiger partial charge in [0.2, 0.25) is 9.84 Å². The molecular weight excluding hydrogens is 408 g/mol. The van der Waals surface area contributed by atoms with E-state index in [4.69, 9.17) is 0 Å². The number of aromatic nitrogens is 3. The Bertz CT molecular complexity index is 1140.